The zero-order chi connectivity index (χ0) is 22.3. The van der Waals surface area contributed by atoms with Crippen LogP contribution in [-0.2, 0) is 9.47 Å². The van der Waals surface area contributed by atoms with Crippen LogP contribution in [0.2, 0.25) is 0 Å². The fourth-order valence-corrected chi connectivity index (χ4v) is 2.72. The fraction of sp³-hybridized carbons (Fsp3) is 0.364. The van der Waals surface area contributed by atoms with Crippen LogP contribution >= 0.6 is 0 Å². The molecule has 0 aromatic heterocycles. The van der Waals surface area contributed by atoms with Gasteiger partial charge in [-0.1, -0.05) is 24.3 Å². The first-order valence-electron chi connectivity index (χ1n) is 10.1. The second-order valence-corrected chi connectivity index (χ2v) is 6.40. The van der Waals surface area contributed by atoms with Crippen molar-refractivity contribution in [2.45, 2.75) is 0 Å². The van der Waals surface area contributed by atoms with Crippen molar-refractivity contribution in [3.8, 4) is 0 Å². The molecule has 31 heavy (non-hydrogen) atoms. The number of rotatable bonds is 14. The molecule has 0 atom stereocenters. The normalized spacial score (nSPS) is 10.5. The van der Waals surface area contributed by atoms with Crippen molar-refractivity contribution < 1.29 is 29.3 Å². The van der Waals surface area contributed by atoms with E-state index in [-0.39, 0.29) is 38.2 Å². The predicted octanol–water partition coefficient (Wildman–Crippen LogP) is 0.908. The highest BCUT2D eigenvalue weighted by Gasteiger charge is 2.14. The van der Waals surface area contributed by atoms with Gasteiger partial charge in [0.1, 0.15) is 0 Å². The van der Waals surface area contributed by atoms with Crippen molar-refractivity contribution in [3.05, 3.63) is 59.7 Å². The third-order valence-corrected chi connectivity index (χ3v) is 4.15. The van der Waals surface area contributed by atoms with Crippen molar-refractivity contribution in [1.29, 1.82) is 0 Å². The Morgan fingerprint density at radius 2 is 1.10 bits per heavy atom. The van der Waals surface area contributed by atoms with Gasteiger partial charge < -0.3 is 35.6 Å². The summed E-state index contributed by atoms with van der Waals surface area (Å²) < 4.78 is 10.3. The summed E-state index contributed by atoms with van der Waals surface area (Å²) in [7, 11) is 0. The molecule has 0 unspecified atom stereocenters. The number of ether oxygens (including phenoxy) is 2. The van der Waals surface area contributed by atoms with Gasteiger partial charge in [-0.05, 0) is 24.3 Å². The molecule has 0 fully saturated rings. The third kappa shape index (κ3) is 8.35. The largest absolute Gasteiger partial charge is 0.394 e. The molecule has 0 bridgehead atoms. The molecule has 0 heterocycles. The molecular weight excluding hydrogens is 402 g/mol. The van der Waals surface area contributed by atoms with Crippen LogP contribution in [0.3, 0.4) is 0 Å². The van der Waals surface area contributed by atoms with E-state index in [0.717, 1.165) is 0 Å². The van der Waals surface area contributed by atoms with Crippen molar-refractivity contribution in [2.24, 2.45) is 0 Å². The first-order chi connectivity index (χ1) is 15.2. The minimum Gasteiger partial charge on any atom is -0.394 e. The Morgan fingerprint density at radius 3 is 1.52 bits per heavy atom. The molecule has 2 aromatic carbocycles. The van der Waals surface area contributed by atoms with Gasteiger partial charge in [-0.25, -0.2) is 0 Å². The number of benzene rings is 2. The smallest absolute Gasteiger partial charge is 0.253 e. The Labute approximate surface area is 181 Å². The van der Waals surface area contributed by atoms with Crippen molar-refractivity contribution in [3.63, 3.8) is 0 Å². The minimum atomic E-state index is -0.279. The van der Waals surface area contributed by atoms with E-state index in [1.165, 1.54) is 0 Å². The van der Waals surface area contributed by atoms with Gasteiger partial charge >= 0.3 is 0 Å². The van der Waals surface area contributed by atoms with Gasteiger partial charge in [-0.3, -0.25) is 9.59 Å². The lowest BCUT2D eigenvalue weighted by atomic mass is 10.1. The molecule has 5 N–H and O–H groups in total. The minimum absolute atomic E-state index is 0.0661. The van der Waals surface area contributed by atoms with Gasteiger partial charge in [-0.2, -0.15) is 0 Å². The predicted molar refractivity (Wildman–Crippen MR) is 117 cm³/mol. The highest BCUT2D eigenvalue weighted by Crippen LogP contribution is 2.24. The zero-order valence-corrected chi connectivity index (χ0v) is 17.3. The summed E-state index contributed by atoms with van der Waals surface area (Å²) in [5, 5.41) is 26.1. The van der Waals surface area contributed by atoms with Crippen molar-refractivity contribution in [2.75, 3.05) is 58.0 Å². The first-order valence-corrected chi connectivity index (χ1v) is 10.1. The van der Waals surface area contributed by atoms with Crippen LogP contribution in [0, 0.1) is 0 Å². The van der Waals surface area contributed by atoms with Crippen LogP contribution in [0.5, 0.6) is 0 Å². The summed E-state index contributed by atoms with van der Waals surface area (Å²) in [6.45, 7) is 1.53. The van der Waals surface area contributed by atoms with E-state index in [2.05, 4.69) is 16.0 Å². The Kier molecular flexibility index (Phi) is 11.0. The number of hydrogen-bond donors (Lipinski definition) is 5. The maximum atomic E-state index is 12.6. The van der Waals surface area contributed by atoms with E-state index in [4.69, 9.17) is 19.7 Å². The number of amides is 2. The number of aliphatic hydroxyl groups is 2. The van der Waals surface area contributed by atoms with Gasteiger partial charge in [0.15, 0.2) is 0 Å². The average molecular weight is 431 g/mol. The molecular formula is C22H29N3O6. The number of aliphatic hydroxyl groups excluding tert-OH is 2. The van der Waals surface area contributed by atoms with E-state index in [9.17, 15) is 9.59 Å². The zero-order valence-electron chi connectivity index (χ0n) is 17.3. The van der Waals surface area contributed by atoms with E-state index >= 15 is 0 Å². The molecule has 0 aliphatic carbocycles. The van der Waals surface area contributed by atoms with Gasteiger partial charge in [0, 0.05) is 13.1 Å². The maximum absolute atomic E-state index is 12.6. The first kappa shape index (κ1) is 24.3. The highest BCUT2D eigenvalue weighted by molar-refractivity contribution is 6.03. The molecule has 9 nitrogen and oxygen atoms in total. The lowest BCUT2D eigenvalue weighted by Crippen LogP contribution is -2.29. The molecule has 2 amide bonds. The summed E-state index contributed by atoms with van der Waals surface area (Å²) >= 11 is 0. The molecule has 2 aromatic rings. The number of carbonyl (C=O) groups is 2. The summed E-state index contributed by atoms with van der Waals surface area (Å²) in [4.78, 5) is 25.1. The fourth-order valence-electron chi connectivity index (χ4n) is 2.72. The summed E-state index contributed by atoms with van der Waals surface area (Å²) in [5.74, 6) is -0.558. The second-order valence-electron chi connectivity index (χ2n) is 6.40. The molecule has 0 aliphatic rings. The monoisotopic (exact) mass is 431 g/mol. The molecule has 9 heteroatoms. The van der Waals surface area contributed by atoms with Crippen LogP contribution in [0.15, 0.2) is 48.5 Å². The third-order valence-electron chi connectivity index (χ3n) is 4.15. The molecule has 0 saturated heterocycles. The SMILES string of the molecule is O=C(NCCOCCO)c1ccccc1Nc1ccccc1C(=O)NCCOCCO. The Bertz CT molecular complexity index is 763. The second kappa shape index (κ2) is 14.1. The van der Waals surface area contributed by atoms with Gasteiger partial charge in [0.05, 0.1) is 62.1 Å². The lowest BCUT2D eigenvalue weighted by molar-refractivity contribution is 0.0835. The Morgan fingerprint density at radius 1 is 0.677 bits per heavy atom. The molecule has 0 spiro atoms. The molecule has 2 rings (SSSR count). The Balaban J connectivity index is 2.03. The number of nitrogens with one attached hydrogen (secondary N) is 3. The molecule has 168 valence electrons. The van der Waals surface area contributed by atoms with Crippen LogP contribution in [0.4, 0.5) is 11.4 Å². The topological polar surface area (TPSA) is 129 Å². The van der Waals surface area contributed by atoms with Gasteiger partial charge in [-0.15, -0.1) is 0 Å². The number of para-hydroxylation sites is 2. The molecule has 0 aliphatic heterocycles. The number of anilines is 2. The van der Waals surface area contributed by atoms with Crippen LogP contribution in [0.1, 0.15) is 20.7 Å². The summed E-state index contributed by atoms with van der Waals surface area (Å²) in [5.41, 5.74) is 1.97. The van der Waals surface area contributed by atoms with Gasteiger partial charge in [0.25, 0.3) is 11.8 Å². The van der Waals surface area contributed by atoms with Gasteiger partial charge in [0.2, 0.25) is 0 Å². The average Bonchev–Trinajstić information content (AvgIpc) is 2.79. The van der Waals surface area contributed by atoms with E-state index in [0.29, 0.717) is 48.8 Å². The van der Waals surface area contributed by atoms with Crippen LogP contribution < -0.4 is 16.0 Å². The van der Waals surface area contributed by atoms with Crippen molar-refractivity contribution >= 4 is 23.2 Å². The van der Waals surface area contributed by atoms with E-state index < -0.39 is 0 Å². The van der Waals surface area contributed by atoms with E-state index in [1.54, 1.807) is 48.5 Å². The molecule has 0 radical (unpaired) electrons. The number of carbonyl (C=O) groups excluding carboxylic acids is 2. The standard InChI is InChI=1S/C22H29N3O6/c26-11-15-30-13-9-23-21(28)17-5-1-3-7-19(17)25-20-8-4-2-6-18(20)22(29)24-10-14-31-16-12-27/h1-8,25-27H,9-16H2,(H,23,28)(H,24,29). The van der Waals surface area contributed by atoms with Crippen molar-refractivity contribution in [1.82, 2.24) is 10.6 Å². The quantitative estimate of drug-likeness (QED) is 0.281. The summed E-state index contributed by atoms with van der Waals surface area (Å²) in [6.07, 6.45) is 0. The van der Waals surface area contributed by atoms with Crippen LogP contribution in [-0.4, -0.2) is 74.8 Å². The highest BCUT2D eigenvalue weighted by atomic mass is 16.5. The molecule has 0 saturated carbocycles. The lowest BCUT2D eigenvalue weighted by Gasteiger charge is -2.15. The maximum Gasteiger partial charge on any atom is 0.253 e. The van der Waals surface area contributed by atoms with Crippen LogP contribution in [0.25, 0.3) is 0 Å². The van der Waals surface area contributed by atoms with E-state index in [1.807, 2.05) is 0 Å². The Hall–Kier alpha value is -2.98. The summed E-state index contributed by atoms with van der Waals surface area (Å²) in [6, 6.07) is 14.0. The number of hydrogen-bond acceptors (Lipinski definition) is 7.